The second-order valence-electron chi connectivity index (χ2n) is 2.56. The number of rotatable bonds is 4. The molecule has 0 saturated heterocycles. The van der Waals surface area contributed by atoms with Gasteiger partial charge < -0.3 is 9.64 Å². The summed E-state index contributed by atoms with van der Waals surface area (Å²) < 4.78 is 4.78. The summed E-state index contributed by atoms with van der Waals surface area (Å²) in [5.41, 5.74) is 0. The number of carbonyl (C=O) groups excluding carboxylic acids is 2. The van der Waals surface area contributed by atoms with Crippen LogP contribution in [0, 0.1) is 0 Å². The number of likely N-dealkylation sites (N-methyl/N-ethyl adjacent to an activating group) is 1. The van der Waals surface area contributed by atoms with Crippen LogP contribution >= 0.6 is 0 Å². The third-order valence-electron chi connectivity index (χ3n) is 0.926. The van der Waals surface area contributed by atoms with E-state index < -0.39 is 0 Å². The first-order valence-corrected chi connectivity index (χ1v) is 3.41. The van der Waals surface area contributed by atoms with Crippen molar-refractivity contribution in [1.29, 1.82) is 0 Å². The zero-order valence-electron chi connectivity index (χ0n) is 7.03. The van der Waals surface area contributed by atoms with Gasteiger partial charge >= 0.3 is 5.97 Å². The van der Waals surface area contributed by atoms with Crippen LogP contribution in [0.2, 0.25) is 0 Å². The maximum atomic E-state index is 10.8. The average Bonchev–Trinajstić information content (AvgIpc) is 1.85. The minimum Gasteiger partial charge on any atom is -0.462 e. The number of esters is 1. The molecule has 4 nitrogen and oxygen atoms in total. The van der Waals surface area contributed by atoms with E-state index in [1.54, 1.807) is 13.8 Å². The molecule has 64 valence electrons. The Morgan fingerprint density at radius 2 is 2.18 bits per heavy atom. The van der Waals surface area contributed by atoms with E-state index in [9.17, 15) is 9.59 Å². The largest absolute Gasteiger partial charge is 0.462 e. The van der Waals surface area contributed by atoms with E-state index in [0.29, 0.717) is 6.41 Å². The third-order valence-corrected chi connectivity index (χ3v) is 0.926. The molecule has 0 aliphatic rings. The molecule has 4 heteroatoms. The lowest BCUT2D eigenvalue weighted by Crippen LogP contribution is -2.27. The lowest BCUT2D eigenvalue weighted by atomic mass is 10.5. The molecule has 0 saturated carbocycles. The van der Waals surface area contributed by atoms with Crippen LogP contribution in [-0.4, -0.2) is 37.0 Å². The summed E-state index contributed by atoms with van der Waals surface area (Å²) in [7, 11) is 1.52. The standard InChI is InChI=1S/C7H13NO3/c1-6(2)11-7(10)4-8(3)5-9/h5-6H,4H2,1-3H3. The van der Waals surface area contributed by atoms with Crippen LogP contribution in [0.15, 0.2) is 0 Å². The van der Waals surface area contributed by atoms with Gasteiger partial charge in [0.25, 0.3) is 0 Å². The third kappa shape index (κ3) is 5.39. The lowest BCUT2D eigenvalue weighted by molar-refractivity contribution is -0.149. The van der Waals surface area contributed by atoms with Gasteiger partial charge in [-0.2, -0.15) is 0 Å². The van der Waals surface area contributed by atoms with E-state index in [2.05, 4.69) is 0 Å². The Hall–Kier alpha value is -1.06. The minimum absolute atomic E-state index is 0.0156. The maximum absolute atomic E-state index is 10.8. The van der Waals surface area contributed by atoms with Crippen molar-refractivity contribution in [2.75, 3.05) is 13.6 Å². The first-order valence-electron chi connectivity index (χ1n) is 3.41. The van der Waals surface area contributed by atoms with Crippen molar-refractivity contribution in [3.05, 3.63) is 0 Å². The molecule has 0 aliphatic carbocycles. The van der Waals surface area contributed by atoms with Gasteiger partial charge in [0.05, 0.1) is 6.10 Å². The number of carbonyl (C=O) groups is 2. The molecule has 0 spiro atoms. The van der Waals surface area contributed by atoms with E-state index in [-0.39, 0.29) is 18.6 Å². The summed E-state index contributed by atoms with van der Waals surface area (Å²) in [6.45, 7) is 3.54. The minimum atomic E-state index is -0.380. The number of hydrogen-bond donors (Lipinski definition) is 0. The number of ether oxygens (including phenoxy) is 1. The second-order valence-corrected chi connectivity index (χ2v) is 2.56. The van der Waals surface area contributed by atoms with Crippen LogP contribution in [0.3, 0.4) is 0 Å². The SMILES string of the molecule is CC(C)OC(=O)CN(C)C=O. The van der Waals surface area contributed by atoms with Crippen molar-refractivity contribution in [2.45, 2.75) is 20.0 Å². The van der Waals surface area contributed by atoms with Crippen molar-refractivity contribution in [1.82, 2.24) is 4.90 Å². The molecule has 0 rings (SSSR count). The summed E-state index contributed by atoms with van der Waals surface area (Å²) in [6, 6.07) is 0. The Bertz CT molecular complexity index is 145. The Morgan fingerprint density at radius 1 is 1.64 bits per heavy atom. The van der Waals surface area contributed by atoms with Crippen molar-refractivity contribution in [3.8, 4) is 0 Å². The van der Waals surface area contributed by atoms with Crippen molar-refractivity contribution in [3.63, 3.8) is 0 Å². The fourth-order valence-corrected chi connectivity index (χ4v) is 0.541. The van der Waals surface area contributed by atoms with Crippen molar-refractivity contribution in [2.24, 2.45) is 0 Å². The lowest BCUT2D eigenvalue weighted by Gasteiger charge is -2.11. The van der Waals surface area contributed by atoms with Crippen molar-refractivity contribution >= 4 is 12.4 Å². The molecular weight excluding hydrogens is 146 g/mol. The van der Waals surface area contributed by atoms with Crippen LogP contribution in [0.25, 0.3) is 0 Å². The molecule has 0 aromatic carbocycles. The average molecular weight is 159 g/mol. The van der Waals surface area contributed by atoms with Gasteiger partial charge in [0.15, 0.2) is 0 Å². The highest BCUT2D eigenvalue weighted by Crippen LogP contribution is 1.89. The Labute approximate surface area is 66.1 Å². The molecule has 0 heterocycles. The molecule has 0 unspecified atom stereocenters. The second kappa shape index (κ2) is 4.71. The topological polar surface area (TPSA) is 46.6 Å². The molecule has 0 radical (unpaired) electrons. The monoisotopic (exact) mass is 159 g/mol. The van der Waals surface area contributed by atoms with Gasteiger partial charge in [0, 0.05) is 7.05 Å². The van der Waals surface area contributed by atoms with Crippen LogP contribution in [0.5, 0.6) is 0 Å². The van der Waals surface area contributed by atoms with E-state index in [0.717, 1.165) is 0 Å². The fourth-order valence-electron chi connectivity index (χ4n) is 0.541. The van der Waals surface area contributed by atoms with Gasteiger partial charge in [-0.1, -0.05) is 0 Å². The molecule has 0 fully saturated rings. The maximum Gasteiger partial charge on any atom is 0.325 e. The molecule has 0 aromatic heterocycles. The predicted molar refractivity (Wildman–Crippen MR) is 39.9 cm³/mol. The van der Waals surface area contributed by atoms with E-state index in [4.69, 9.17) is 4.74 Å². The van der Waals surface area contributed by atoms with E-state index >= 15 is 0 Å². The van der Waals surface area contributed by atoms with Crippen LogP contribution in [0.4, 0.5) is 0 Å². The smallest absolute Gasteiger partial charge is 0.325 e. The zero-order valence-corrected chi connectivity index (χ0v) is 7.03. The van der Waals surface area contributed by atoms with Gasteiger partial charge in [-0.15, -0.1) is 0 Å². The first-order chi connectivity index (χ1) is 5.06. The Kier molecular flexibility index (Phi) is 4.26. The Balaban J connectivity index is 3.60. The predicted octanol–water partition coefficient (Wildman–Crippen LogP) is 0.0262. The fraction of sp³-hybridized carbons (Fsp3) is 0.714. The molecule has 1 amide bonds. The van der Waals surface area contributed by atoms with Crippen LogP contribution in [-0.2, 0) is 14.3 Å². The van der Waals surface area contributed by atoms with Crippen LogP contribution < -0.4 is 0 Å². The molecule has 0 bridgehead atoms. The van der Waals surface area contributed by atoms with Gasteiger partial charge in [-0.05, 0) is 13.8 Å². The first kappa shape index (κ1) is 9.94. The van der Waals surface area contributed by atoms with Crippen molar-refractivity contribution < 1.29 is 14.3 Å². The Morgan fingerprint density at radius 3 is 2.55 bits per heavy atom. The van der Waals surface area contributed by atoms with Gasteiger partial charge in [0.1, 0.15) is 6.54 Å². The van der Waals surface area contributed by atoms with Gasteiger partial charge in [-0.25, -0.2) is 0 Å². The summed E-state index contributed by atoms with van der Waals surface area (Å²) in [5, 5.41) is 0. The highest BCUT2D eigenvalue weighted by molar-refractivity contribution is 5.74. The number of nitrogens with zero attached hydrogens (tertiary/aromatic N) is 1. The summed E-state index contributed by atoms with van der Waals surface area (Å²) >= 11 is 0. The van der Waals surface area contributed by atoms with E-state index in [1.807, 2.05) is 0 Å². The number of hydrogen-bond acceptors (Lipinski definition) is 3. The molecular formula is C7H13NO3. The quantitative estimate of drug-likeness (QED) is 0.429. The number of amides is 1. The molecule has 11 heavy (non-hydrogen) atoms. The molecule has 0 aromatic rings. The summed E-state index contributed by atoms with van der Waals surface area (Å²) in [5.74, 6) is -0.380. The molecule has 0 N–H and O–H groups in total. The zero-order chi connectivity index (χ0) is 8.85. The van der Waals surface area contributed by atoms with E-state index in [1.165, 1.54) is 11.9 Å². The highest BCUT2D eigenvalue weighted by atomic mass is 16.5. The van der Waals surface area contributed by atoms with Gasteiger partial charge in [-0.3, -0.25) is 9.59 Å². The highest BCUT2D eigenvalue weighted by Gasteiger charge is 2.06. The normalized spacial score (nSPS) is 9.45. The molecule has 0 atom stereocenters. The summed E-state index contributed by atoms with van der Waals surface area (Å²) in [6.07, 6.45) is 0.462. The summed E-state index contributed by atoms with van der Waals surface area (Å²) in [4.78, 5) is 22.1. The van der Waals surface area contributed by atoms with Crippen LogP contribution in [0.1, 0.15) is 13.8 Å². The molecule has 0 aliphatic heterocycles. The van der Waals surface area contributed by atoms with Gasteiger partial charge in [0.2, 0.25) is 6.41 Å².